The third-order valence-electron chi connectivity index (χ3n) is 8.13. The minimum absolute atomic E-state index is 0.118. The monoisotopic (exact) mass is 671 g/mol. The van der Waals surface area contributed by atoms with Crippen molar-refractivity contribution in [2.45, 2.75) is 13.5 Å². The van der Waals surface area contributed by atoms with Gasteiger partial charge in [-0.1, -0.05) is 18.2 Å². The summed E-state index contributed by atoms with van der Waals surface area (Å²) in [5, 5.41) is 3.63. The second kappa shape index (κ2) is 12.6. The Morgan fingerprint density at radius 2 is 1.62 bits per heavy atom. The van der Waals surface area contributed by atoms with Crippen LogP contribution >= 0.6 is 0 Å². The van der Waals surface area contributed by atoms with Crippen molar-refractivity contribution >= 4 is 49.5 Å². The highest BCUT2D eigenvalue weighted by Crippen LogP contribution is 2.42. The zero-order chi connectivity index (χ0) is 34.3. The summed E-state index contributed by atoms with van der Waals surface area (Å²) in [6.07, 6.45) is 1.08. The molecule has 6 rings (SSSR count). The average molecular weight is 672 g/mol. The molecule has 9 nitrogen and oxygen atoms in total. The number of nitrogens with one attached hydrogen (secondary N) is 1. The van der Waals surface area contributed by atoms with E-state index in [2.05, 4.69) is 5.32 Å². The van der Waals surface area contributed by atoms with Gasteiger partial charge in [-0.05, 0) is 78.7 Å². The number of ether oxygens (including phenoxy) is 1. The van der Waals surface area contributed by atoms with Gasteiger partial charge in [0, 0.05) is 53.3 Å². The number of rotatable bonds is 9. The quantitative estimate of drug-likeness (QED) is 0.166. The lowest BCUT2D eigenvalue weighted by Crippen LogP contribution is -2.25. The third-order valence-corrected chi connectivity index (χ3v) is 9.32. The zero-order valence-corrected chi connectivity index (χ0v) is 27.3. The first-order chi connectivity index (χ1) is 22.9. The number of halogens is 2. The average Bonchev–Trinajstić information content (AvgIpc) is 3.61. The van der Waals surface area contributed by atoms with E-state index in [-0.39, 0.29) is 35.7 Å². The summed E-state index contributed by atoms with van der Waals surface area (Å²) in [5.41, 5.74) is 4.13. The summed E-state index contributed by atoms with van der Waals surface area (Å²) in [7, 11) is -0.871. The molecule has 2 aromatic heterocycles. The topological polar surface area (TPSA) is 111 Å². The van der Waals surface area contributed by atoms with Crippen LogP contribution in [0.5, 0.6) is 0 Å². The van der Waals surface area contributed by atoms with Crippen molar-refractivity contribution < 1.29 is 35.9 Å². The van der Waals surface area contributed by atoms with E-state index in [0.29, 0.717) is 44.2 Å². The van der Waals surface area contributed by atoms with Gasteiger partial charge in [0.25, 0.3) is 5.91 Å². The number of amides is 1. The van der Waals surface area contributed by atoms with E-state index < -0.39 is 33.5 Å². The molecule has 0 spiro atoms. The van der Waals surface area contributed by atoms with Crippen LogP contribution in [0.3, 0.4) is 0 Å². The van der Waals surface area contributed by atoms with Gasteiger partial charge >= 0.3 is 5.97 Å². The number of benzene rings is 4. The van der Waals surface area contributed by atoms with E-state index in [4.69, 9.17) is 9.15 Å². The summed E-state index contributed by atoms with van der Waals surface area (Å²) in [5.74, 6) is -1.60. The van der Waals surface area contributed by atoms with Crippen LogP contribution in [0.1, 0.15) is 17.3 Å². The van der Waals surface area contributed by atoms with E-state index >= 15 is 0 Å². The van der Waals surface area contributed by atoms with Crippen molar-refractivity contribution in [3.05, 3.63) is 102 Å². The number of nitrogens with zero attached hydrogens (tertiary/aromatic N) is 2. The molecule has 0 bridgehead atoms. The standard InChI is InChI=1S/C36H31F2N3O6S/c1-5-46-33(42)20-41-29-14-13-26(38)16-24(29)17-30(41)23-8-6-7-22(15-23)27-18-28-32(19-31(27)40(3)48(4,44)45)47-35(34(28)36(43)39-2)21-9-11-25(37)12-10-21/h6-19H,5,20H2,1-4H3,(H,39,43). The molecule has 1 N–H and O–H groups in total. The van der Waals surface area contributed by atoms with Crippen molar-refractivity contribution in [3.63, 3.8) is 0 Å². The predicted octanol–water partition coefficient (Wildman–Crippen LogP) is 6.99. The molecule has 0 saturated heterocycles. The Bertz CT molecular complexity index is 2330. The second-order valence-electron chi connectivity index (χ2n) is 11.2. The maximum atomic E-state index is 14.2. The zero-order valence-electron chi connectivity index (χ0n) is 26.5. The van der Waals surface area contributed by atoms with Crippen LogP contribution in [0.15, 0.2) is 89.3 Å². The first kappa shape index (κ1) is 32.5. The smallest absolute Gasteiger partial charge is 0.325 e. The van der Waals surface area contributed by atoms with E-state index in [1.54, 1.807) is 47.9 Å². The van der Waals surface area contributed by atoms with E-state index in [1.807, 2.05) is 12.1 Å². The highest BCUT2D eigenvalue weighted by Gasteiger charge is 2.26. The molecule has 0 aliphatic heterocycles. The Morgan fingerprint density at radius 1 is 0.917 bits per heavy atom. The normalized spacial score (nSPS) is 11.6. The van der Waals surface area contributed by atoms with Gasteiger partial charge in [-0.2, -0.15) is 0 Å². The highest BCUT2D eigenvalue weighted by atomic mass is 32.2. The van der Waals surface area contributed by atoms with Gasteiger partial charge in [0.1, 0.15) is 29.5 Å². The molecule has 246 valence electrons. The molecule has 48 heavy (non-hydrogen) atoms. The third kappa shape index (κ3) is 6.02. The summed E-state index contributed by atoms with van der Waals surface area (Å²) in [4.78, 5) is 25.9. The molecule has 0 aliphatic rings. The molecule has 0 unspecified atom stereocenters. The lowest BCUT2D eigenvalue weighted by molar-refractivity contribution is -0.143. The molecule has 12 heteroatoms. The van der Waals surface area contributed by atoms with Gasteiger partial charge in [0.2, 0.25) is 10.0 Å². The van der Waals surface area contributed by atoms with Crippen LogP contribution in [-0.2, 0) is 26.1 Å². The summed E-state index contributed by atoms with van der Waals surface area (Å²) in [6, 6.07) is 22.1. The molecular formula is C36H31F2N3O6S. The number of sulfonamides is 1. The fourth-order valence-corrected chi connectivity index (χ4v) is 6.30. The summed E-state index contributed by atoms with van der Waals surface area (Å²) < 4.78 is 68.0. The number of fused-ring (bicyclic) bond motifs is 2. The molecule has 0 fully saturated rings. The lowest BCUT2D eigenvalue weighted by atomic mass is 9.96. The van der Waals surface area contributed by atoms with Crippen molar-refractivity contribution in [1.29, 1.82) is 0 Å². The molecule has 2 heterocycles. The first-order valence-electron chi connectivity index (χ1n) is 15.0. The SMILES string of the molecule is CCOC(=O)Cn1c(-c2cccc(-c3cc4c(C(=O)NC)c(-c5ccc(F)cc5)oc4cc3N(C)S(C)(=O)=O)c2)cc2cc(F)ccc21. The molecule has 0 atom stereocenters. The van der Waals surface area contributed by atoms with Gasteiger partial charge < -0.3 is 19.0 Å². The van der Waals surface area contributed by atoms with Crippen LogP contribution in [0, 0.1) is 11.6 Å². The maximum absolute atomic E-state index is 14.2. The van der Waals surface area contributed by atoms with Crippen LogP contribution in [0.2, 0.25) is 0 Å². The van der Waals surface area contributed by atoms with Crippen molar-refractivity contribution in [2.75, 3.05) is 31.3 Å². The van der Waals surface area contributed by atoms with Gasteiger partial charge in [-0.15, -0.1) is 0 Å². The fourth-order valence-electron chi connectivity index (χ4n) is 5.79. The Labute approximate surface area is 275 Å². The second-order valence-corrected chi connectivity index (χ2v) is 13.2. The number of aromatic nitrogens is 1. The molecule has 6 aromatic rings. The molecule has 0 aliphatic carbocycles. The van der Waals surface area contributed by atoms with Gasteiger partial charge in [-0.3, -0.25) is 13.9 Å². The Hall–Kier alpha value is -5.49. The molecule has 1 amide bonds. The van der Waals surface area contributed by atoms with E-state index in [1.165, 1.54) is 50.5 Å². The number of carbonyl (C=O) groups excluding carboxylic acids is 2. The minimum atomic E-state index is -3.77. The highest BCUT2D eigenvalue weighted by molar-refractivity contribution is 7.92. The van der Waals surface area contributed by atoms with E-state index in [0.717, 1.165) is 10.6 Å². The number of anilines is 1. The Kier molecular flexibility index (Phi) is 8.52. The van der Waals surface area contributed by atoms with Gasteiger partial charge in [-0.25, -0.2) is 17.2 Å². The van der Waals surface area contributed by atoms with Crippen molar-refractivity contribution in [1.82, 2.24) is 9.88 Å². The minimum Gasteiger partial charge on any atom is -0.465 e. The Balaban J connectivity index is 1.60. The van der Waals surface area contributed by atoms with Crippen molar-refractivity contribution in [2.24, 2.45) is 0 Å². The van der Waals surface area contributed by atoms with Crippen LogP contribution < -0.4 is 9.62 Å². The van der Waals surface area contributed by atoms with E-state index in [9.17, 15) is 26.8 Å². The molecule has 0 saturated carbocycles. The Morgan fingerprint density at radius 3 is 2.31 bits per heavy atom. The van der Waals surface area contributed by atoms with Gasteiger partial charge in [0.05, 0.1) is 24.1 Å². The number of esters is 1. The van der Waals surface area contributed by atoms with Crippen molar-refractivity contribution in [3.8, 4) is 33.7 Å². The molecule has 0 radical (unpaired) electrons. The largest absolute Gasteiger partial charge is 0.465 e. The van der Waals surface area contributed by atoms with Crippen LogP contribution in [0.4, 0.5) is 14.5 Å². The van der Waals surface area contributed by atoms with Crippen LogP contribution in [0.25, 0.3) is 55.6 Å². The predicted molar refractivity (Wildman–Crippen MR) is 181 cm³/mol. The molecule has 4 aromatic carbocycles. The maximum Gasteiger partial charge on any atom is 0.325 e. The number of hydrogen-bond donors (Lipinski definition) is 1. The number of furan rings is 1. The number of hydrogen-bond acceptors (Lipinski definition) is 6. The van der Waals surface area contributed by atoms with Crippen LogP contribution in [-0.4, -0.2) is 51.8 Å². The number of carbonyl (C=O) groups is 2. The molecular weight excluding hydrogens is 640 g/mol. The summed E-state index contributed by atoms with van der Waals surface area (Å²) >= 11 is 0. The fraction of sp³-hybridized carbons (Fsp3) is 0.167. The first-order valence-corrected chi connectivity index (χ1v) is 16.8. The van der Waals surface area contributed by atoms with Gasteiger partial charge in [0.15, 0.2) is 0 Å². The lowest BCUT2D eigenvalue weighted by Gasteiger charge is -2.21. The summed E-state index contributed by atoms with van der Waals surface area (Å²) in [6.45, 7) is 1.80.